The first-order valence-electron chi connectivity index (χ1n) is 7.58. The molecule has 2 nitrogen and oxygen atoms in total. The molecule has 0 aliphatic rings. The molecule has 4 heteroatoms. The van der Waals surface area contributed by atoms with E-state index >= 15 is 0 Å². The van der Waals surface area contributed by atoms with Gasteiger partial charge >= 0.3 is 145 Å². The van der Waals surface area contributed by atoms with Crippen LogP contribution in [0.2, 0.25) is 0 Å². The molecule has 24 heavy (non-hydrogen) atoms. The van der Waals surface area contributed by atoms with Crippen molar-refractivity contribution >= 4 is 39.5 Å². The van der Waals surface area contributed by atoms with Crippen molar-refractivity contribution in [2.45, 2.75) is 6.92 Å². The molecule has 0 unspecified atom stereocenters. The molecule has 116 valence electrons. The van der Waals surface area contributed by atoms with E-state index in [1.165, 1.54) is 21.5 Å². The third-order valence-electron chi connectivity index (χ3n) is 4.35. The minimum absolute atomic E-state index is 0.0714. The van der Waals surface area contributed by atoms with Gasteiger partial charge in [0.2, 0.25) is 0 Å². The number of aryl methyl sites for hydroxylation is 2. The predicted octanol–water partition coefficient (Wildman–Crippen LogP) is 4.54. The summed E-state index contributed by atoms with van der Waals surface area (Å²) in [7, 11) is 2.04. The Labute approximate surface area is 145 Å². The van der Waals surface area contributed by atoms with Crippen molar-refractivity contribution in [3.63, 3.8) is 0 Å². The van der Waals surface area contributed by atoms with Gasteiger partial charge in [0.15, 0.2) is 0 Å². The summed E-state index contributed by atoms with van der Waals surface area (Å²) in [5.74, 6) is -0.431. The first kappa shape index (κ1) is 15.1. The molecule has 0 amide bonds. The Balaban J connectivity index is 2.15. The number of pyridine rings is 1. The third kappa shape index (κ3) is 2.17. The number of hydrogen-bond acceptors (Lipinski definition) is 0. The van der Waals surface area contributed by atoms with Crippen molar-refractivity contribution in [3.8, 4) is 11.3 Å². The van der Waals surface area contributed by atoms with Crippen LogP contribution in [0.3, 0.4) is 0 Å². The molecule has 0 fully saturated rings. The number of nitrogens with zero attached hydrogens (tertiary/aromatic N) is 2. The van der Waals surface area contributed by atoms with Gasteiger partial charge in [-0.15, -0.1) is 0 Å². The average molecular weight is 380 g/mol. The van der Waals surface area contributed by atoms with E-state index in [-0.39, 0.29) is 20.2 Å². The zero-order valence-corrected chi connectivity index (χ0v) is 15.0. The van der Waals surface area contributed by atoms with Crippen molar-refractivity contribution in [3.05, 3.63) is 71.5 Å². The second-order valence-corrected chi connectivity index (χ2v) is 8.05. The van der Waals surface area contributed by atoms with Crippen molar-refractivity contribution in [1.82, 2.24) is 0 Å². The molecule has 0 radical (unpaired) electrons. The van der Waals surface area contributed by atoms with Crippen molar-refractivity contribution < 1.29 is 8.96 Å². The third-order valence-corrected chi connectivity index (χ3v) is 6.84. The summed E-state index contributed by atoms with van der Waals surface area (Å²) >= 11 is 0.0714. The summed E-state index contributed by atoms with van der Waals surface area (Å²) < 4.78 is 18.6. The van der Waals surface area contributed by atoms with Crippen LogP contribution in [0.5, 0.6) is 0 Å². The molecule has 0 saturated carbocycles. The van der Waals surface area contributed by atoms with Gasteiger partial charge in [0, 0.05) is 0 Å². The molecule has 2 heterocycles. The topological polar surface area (TPSA) is 8.24 Å². The van der Waals surface area contributed by atoms with Gasteiger partial charge in [0.05, 0.1) is 0 Å². The quantitative estimate of drug-likeness (QED) is 0.260. The Morgan fingerprint density at radius 1 is 1.12 bits per heavy atom. The monoisotopic (exact) mass is 381 g/mol. The number of rotatable bonds is 1. The standard InChI is InChI=1S/C20H14FN2Se/c1-12-7-8-13-14-10-15(21)16(22-2)11-18(14)24-20(13)19(12)17-6-4-5-9-23(17)3/h4-11H,1,3H3/q+1. The summed E-state index contributed by atoms with van der Waals surface area (Å²) in [6.07, 6.45) is 2.04. The van der Waals surface area contributed by atoms with Crippen LogP contribution in [0.25, 0.3) is 35.4 Å². The van der Waals surface area contributed by atoms with Crippen LogP contribution in [0, 0.1) is 19.3 Å². The molecule has 4 rings (SSSR count). The van der Waals surface area contributed by atoms with Crippen molar-refractivity contribution in [2.24, 2.45) is 7.05 Å². The first-order valence-corrected chi connectivity index (χ1v) is 9.29. The fourth-order valence-electron chi connectivity index (χ4n) is 3.13. The molecule has 0 aliphatic carbocycles. The molecule has 2 aromatic heterocycles. The van der Waals surface area contributed by atoms with E-state index < -0.39 is 5.82 Å². The normalized spacial score (nSPS) is 11.1. The predicted molar refractivity (Wildman–Crippen MR) is 96.0 cm³/mol. The van der Waals surface area contributed by atoms with Crippen LogP contribution in [-0.4, -0.2) is 14.5 Å². The van der Waals surface area contributed by atoms with Crippen LogP contribution in [0.1, 0.15) is 5.56 Å². The van der Waals surface area contributed by atoms with E-state index in [1.54, 1.807) is 6.07 Å². The Bertz CT molecular complexity index is 1150. The summed E-state index contributed by atoms with van der Waals surface area (Å²) in [6.45, 7) is 9.25. The van der Waals surface area contributed by atoms with Crippen LogP contribution in [0.15, 0.2) is 48.7 Å². The SMILES string of the molecule is [C-]#[N+]c1cc2[se]c3c(-c4cccc[n+]4C)c(C)ccc3c2cc1F. The number of halogens is 1. The van der Waals surface area contributed by atoms with E-state index in [4.69, 9.17) is 6.57 Å². The summed E-state index contributed by atoms with van der Waals surface area (Å²) in [6, 6.07) is 13.6. The average Bonchev–Trinajstić information content (AvgIpc) is 2.92. The fourth-order valence-corrected chi connectivity index (χ4v) is 5.91. The number of aromatic nitrogens is 1. The van der Waals surface area contributed by atoms with Crippen LogP contribution in [0.4, 0.5) is 10.1 Å². The first-order chi connectivity index (χ1) is 11.6. The summed E-state index contributed by atoms with van der Waals surface area (Å²) in [4.78, 5) is 3.30. The molecular formula is C20H14FN2Se+. The van der Waals surface area contributed by atoms with Gasteiger partial charge < -0.3 is 0 Å². The zero-order chi connectivity index (χ0) is 16.8. The zero-order valence-electron chi connectivity index (χ0n) is 13.3. The van der Waals surface area contributed by atoms with Crippen molar-refractivity contribution in [2.75, 3.05) is 0 Å². The molecule has 0 spiro atoms. The molecule has 0 atom stereocenters. The van der Waals surface area contributed by atoms with E-state index in [0.717, 1.165) is 20.7 Å². The molecule has 4 aromatic rings. The van der Waals surface area contributed by atoms with E-state index in [0.29, 0.717) is 0 Å². The van der Waals surface area contributed by atoms with Gasteiger partial charge in [-0.3, -0.25) is 0 Å². The van der Waals surface area contributed by atoms with Gasteiger partial charge in [-0.05, 0) is 0 Å². The Kier molecular flexibility index (Phi) is 3.49. The fraction of sp³-hybridized carbons (Fsp3) is 0.100. The Morgan fingerprint density at radius 3 is 2.71 bits per heavy atom. The summed E-state index contributed by atoms with van der Waals surface area (Å²) in [5.41, 5.74) is 3.73. The molecular weight excluding hydrogens is 366 g/mol. The number of benzene rings is 2. The Hall–Kier alpha value is -2.47. The van der Waals surface area contributed by atoms with Crippen LogP contribution < -0.4 is 4.57 Å². The molecule has 0 bridgehead atoms. The number of hydrogen-bond donors (Lipinski definition) is 0. The van der Waals surface area contributed by atoms with E-state index in [2.05, 4.69) is 34.5 Å². The molecule has 0 aliphatic heterocycles. The minimum atomic E-state index is -0.431. The second-order valence-electron chi connectivity index (χ2n) is 5.84. The summed E-state index contributed by atoms with van der Waals surface area (Å²) in [5, 5.41) is 2.04. The van der Waals surface area contributed by atoms with Crippen LogP contribution >= 0.6 is 0 Å². The van der Waals surface area contributed by atoms with Crippen molar-refractivity contribution in [1.29, 1.82) is 0 Å². The van der Waals surface area contributed by atoms with Gasteiger partial charge in [0.25, 0.3) is 0 Å². The molecule has 0 N–H and O–H groups in total. The van der Waals surface area contributed by atoms with E-state index in [9.17, 15) is 4.39 Å². The molecule has 0 saturated heterocycles. The van der Waals surface area contributed by atoms with Crippen LogP contribution in [-0.2, 0) is 7.05 Å². The van der Waals surface area contributed by atoms with Gasteiger partial charge in [-0.2, -0.15) is 0 Å². The van der Waals surface area contributed by atoms with Gasteiger partial charge in [-0.25, -0.2) is 0 Å². The maximum absolute atomic E-state index is 14.1. The Morgan fingerprint density at radius 2 is 1.96 bits per heavy atom. The van der Waals surface area contributed by atoms with Gasteiger partial charge in [-0.1, -0.05) is 0 Å². The molecule has 2 aromatic carbocycles. The number of fused-ring (bicyclic) bond motifs is 3. The maximum atomic E-state index is 14.1. The second kappa shape index (κ2) is 5.56. The van der Waals surface area contributed by atoms with Gasteiger partial charge in [0.1, 0.15) is 0 Å². The van der Waals surface area contributed by atoms with E-state index in [1.807, 2.05) is 25.4 Å².